The first kappa shape index (κ1) is 22.7. The SMILES string of the molecule is CC[C@H](C(=O)NCC(C)C)N(Cc1ccc(C)cc1)C(=O)CCc1ccccc1. The molecule has 0 radical (unpaired) electrons. The second kappa shape index (κ2) is 11.4. The van der Waals surface area contributed by atoms with Crippen molar-refractivity contribution in [2.24, 2.45) is 5.92 Å². The third-order valence-electron chi connectivity index (χ3n) is 5.01. The number of carbonyl (C=O) groups is 2. The number of hydrogen-bond acceptors (Lipinski definition) is 2. The van der Waals surface area contributed by atoms with Gasteiger partial charge in [0.1, 0.15) is 6.04 Å². The van der Waals surface area contributed by atoms with E-state index in [-0.39, 0.29) is 11.8 Å². The van der Waals surface area contributed by atoms with Crippen molar-refractivity contribution >= 4 is 11.8 Å². The molecule has 4 nitrogen and oxygen atoms in total. The van der Waals surface area contributed by atoms with Gasteiger partial charge in [0.05, 0.1) is 0 Å². The first-order chi connectivity index (χ1) is 13.9. The molecule has 2 rings (SSSR count). The first-order valence-corrected chi connectivity index (χ1v) is 10.6. The maximum absolute atomic E-state index is 13.2. The summed E-state index contributed by atoms with van der Waals surface area (Å²) in [4.78, 5) is 27.8. The second-order valence-corrected chi connectivity index (χ2v) is 8.06. The molecule has 29 heavy (non-hydrogen) atoms. The van der Waals surface area contributed by atoms with Crippen molar-refractivity contribution in [2.75, 3.05) is 6.54 Å². The molecule has 0 heterocycles. The van der Waals surface area contributed by atoms with Crippen LogP contribution in [0.1, 0.15) is 50.3 Å². The lowest BCUT2D eigenvalue weighted by Crippen LogP contribution is -2.49. The number of amides is 2. The summed E-state index contributed by atoms with van der Waals surface area (Å²) in [6.07, 6.45) is 1.66. The number of aryl methyl sites for hydroxylation is 2. The van der Waals surface area contributed by atoms with Crippen molar-refractivity contribution in [1.82, 2.24) is 10.2 Å². The summed E-state index contributed by atoms with van der Waals surface area (Å²) in [5, 5.41) is 3.00. The van der Waals surface area contributed by atoms with E-state index in [9.17, 15) is 9.59 Å². The summed E-state index contributed by atoms with van der Waals surface area (Å²) in [6, 6.07) is 17.7. The molecule has 2 aromatic rings. The van der Waals surface area contributed by atoms with Gasteiger partial charge in [0.25, 0.3) is 0 Å². The Balaban J connectivity index is 2.16. The van der Waals surface area contributed by atoms with Crippen LogP contribution in [0.4, 0.5) is 0 Å². The van der Waals surface area contributed by atoms with E-state index in [2.05, 4.69) is 19.2 Å². The van der Waals surface area contributed by atoms with Crippen LogP contribution in [0.5, 0.6) is 0 Å². The minimum absolute atomic E-state index is 0.0148. The van der Waals surface area contributed by atoms with Gasteiger partial charge in [-0.05, 0) is 36.8 Å². The van der Waals surface area contributed by atoms with Crippen molar-refractivity contribution in [3.8, 4) is 0 Å². The molecule has 0 aliphatic carbocycles. The van der Waals surface area contributed by atoms with Crippen LogP contribution in [-0.4, -0.2) is 29.3 Å². The quantitative estimate of drug-likeness (QED) is 0.645. The summed E-state index contributed by atoms with van der Waals surface area (Å²) in [5.41, 5.74) is 3.35. The molecule has 0 aliphatic heterocycles. The van der Waals surface area contributed by atoms with Gasteiger partial charge in [-0.25, -0.2) is 0 Å². The molecule has 2 amide bonds. The number of nitrogens with one attached hydrogen (secondary N) is 1. The summed E-state index contributed by atoms with van der Waals surface area (Å²) >= 11 is 0. The zero-order valence-corrected chi connectivity index (χ0v) is 18.2. The van der Waals surface area contributed by atoms with Crippen LogP contribution in [0.2, 0.25) is 0 Å². The molecule has 0 saturated heterocycles. The van der Waals surface area contributed by atoms with E-state index < -0.39 is 6.04 Å². The van der Waals surface area contributed by atoms with E-state index >= 15 is 0 Å². The molecule has 0 spiro atoms. The normalized spacial score (nSPS) is 11.9. The molecule has 1 atom stereocenters. The molecule has 2 aromatic carbocycles. The molecule has 0 aromatic heterocycles. The molecule has 0 unspecified atom stereocenters. The highest BCUT2D eigenvalue weighted by Crippen LogP contribution is 2.16. The van der Waals surface area contributed by atoms with Crippen molar-refractivity contribution in [2.45, 2.75) is 59.5 Å². The van der Waals surface area contributed by atoms with Crippen molar-refractivity contribution < 1.29 is 9.59 Å². The maximum Gasteiger partial charge on any atom is 0.242 e. The van der Waals surface area contributed by atoms with Gasteiger partial charge in [0, 0.05) is 19.5 Å². The van der Waals surface area contributed by atoms with Gasteiger partial charge in [-0.15, -0.1) is 0 Å². The lowest BCUT2D eigenvalue weighted by molar-refractivity contribution is -0.141. The fourth-order valence-corrected chi connectivity index (χ4v) is 3.27. The van der Waals surface area contributed by atoms with Crippen molar-refractivity contribution in [3.63, 3.8) is 0 Å². The monoisotopic (exact) mass is 394 g/mol. The molecule has 0 bridgehead atoms. The number of hydrogen-bond donors (Lipinski definition) is 1. The number of carbonyl (C=O) groups excluding carboxylic acids is 2. The maximum atomic E-state index is 13.2. The van der Waals surface area contributed by atoms with Crippen LogP contribution < -0.4 is 5.32 Å². The first-order valence-electron chi connectivity index (χ1n) is 10.6. The van der Waals surface area contributed by atoms with Crippen LogP contribution in [0.15, 0.2) is 54.6 Å². The molecule has 0 fully saturated rings. The van der Waals surface area contributed by atoms with Gasteiger partial charge in [-0.1, -0.05) is 80.9 Å². The van der Waals surface area contributed by atoms with Gasteiger partial charge in [-0.3, -0.25) is 9.59 Å². The number of rotatable bonds is 10. The van der Waals surface area contributed by atoms with Crippen LogP contribution >= 0.6 is 0 Å². The minimum atomic E-state index is -0.460. The smallest absolute Gasteiger partial charge is 0.242 e. The standard InChI is InChI=1S/C25H34N2O2/c1-5-23(25(29)26-17-19(2)3)27(18-22-13-11-20(4)12-14-22)24(28)16-15-21-9-7-6-8-10-21/h6-14,19,23H,5,15-18H2,1-4H3,(H,26,29)/t23-/m1/s1. The highest BCUT2D eigenvalue weighted by molar-refractivity contribution is 5.87. The topological polar surface area (TPSA) is 49.4 Å². The molecule has 0 saturated carbocycles. The predicted octanol–water partition coefficient (Wildman–Crippen LogP) is 4.51. The van der Waals surface area contributed by atoms with Gasteiger partial charge >= 0.3 is 0 Å². The Morgan fingerprint density at radius 2 is 1.62 bits per heavy atom. The zero-order chi connectivity index (χ0) is 21.2. The Kier molecular flexibility index (Phi) is 8.91. The van der Waals surface area contributed by atoms with Crippen LogP contribution in [0, 0.1) is 12.8 Å². The zero-order valence-electron chi connectivity index (χ0n) is 18.2. The molecular weight excluding hydrogens is 360 g/mol. The third kappa shape index (κ3) is 7.37. The van der Waals surface area contributed by atoms with E-state index in [1.54, 1.807) is 4.90 Å². The summed E-state index contributed by atoms with van der Waals surface area (Å²) in [6.45, 7) is 9.20. The van der Waals surface area contributed by atoms with Crippen LogP contribution in [0.3, 0.4) is 0 Å². The third-order valence-corrected chi connectivity index (χ3v) is 5.01. The Morgan fingerprint density at radius 1 is 0.966 bits per heavy atom. The number of nitrogens with zero attached hydrogens (tertiary/aromatic N) is 1. The largest absolute Gasteiger partial charge is 0.354 e. The molecule has 4 heteroatoms. The second-order valence-electron chi connectivity index (χ2n) is 8.06. The van der Waals surface area contributed by atoms with E-state index in [0.717, 1.165) is 11.1 Å². The summed E-state index contributed by atoms with van der Waals surface area (Å²) in [5.74, 6) is 0.318. The van der Waals surface area contributed by atoms with E-state index in [1.807, 2.05) is 68.4 Å². The highest BCUT2D eigenvalue weighted by atomic mass is 16.2. The molecule has 0 aliphatic rings. The Labute approximate surface area is 175 Å². The van der Waals surface area contributed by atoms with Gasteiger partial charge in [0.2, 0.25) is 11.8 Å². The summed E-state index contributed by atoms with van der Waals surface area (Å²) < 4.78 is 0. The molecule has 156 valence electrons. The Bertz CT molecular complexity index is 769. The van der Waals surface area contributed by atoms with Crippen molar-refractivity contribution in [1.29, 1.82) is 0 Å². The van der Waals surface area contributed by atoms with E-state index in [4.69, 9.17) is 0 Å². The van der Waals surface area contributed by atoms with E-state index in [1.165, 1.54) is 5.56 Å². The fourth-order valence-electron chi connectivity index (χ4n) is 3.27. The highest BCUT2D eigenvalue weighted by Gasteiger charge is 2.28. The molecule has 1 N–H and O–H groups in total. The minimum Gasteiger partial charge on any atom is -0.354 e. The lowest BCUT2D eigenvalue weighted by atomic mass is 10.1. The number of benzene rings is 2. The Hall–Kier alpha value is -2.62. The van der Waals surface area contributed by atoms with Gasteiger partial charge in [0.15, 0.2) is 0 Å². The average Bonchev–Trinajstić information content (AvgIpc) is 2.72. The summed E-state index contributed by atoms with van der Waals surface area (Å²) in [7, 11) is 0. The van der Waals surface area contributed by atoms with E-state index in [0.29, 0.717) is 38.3 Å². The fraction of sp³-hybridized carbons (Fsp3) is 0.440. The average molecular weight is 395 g/mol. The van der Waals surface area contributed by atoms with Crippen LogP contribution in [-0.2, 0) is 22.6 Å². The molecular formula is C25H34N2O2. The lowest BCUT2D eigenvalue weighted by Gasteiger charge is -2.31. The van der Waals surface area contributed by atoms with Crippen LogP contribution in [0.25, 0.3) is 0 Å². The van der Waals surface area contributed by atoms with Gasteiger partial charge in [-0.2, -0.15) is 0 Å². The Morgan fingerprint density at radius 3 is 2.21 bits per heavy atom. The predicted molar refractivity (Wildman–Crippen MR) is 118 cm³/mol. The van der Waals surface area contributed by atoms with Gasteiger partial charge < -0.3 is 10.2 Å². The van der Waals surface area contributed by atoms with Crippen molar-refractivity contribution in [3.05, 3.63) is 71.3 Å².